The number of carbonyl (C=O) groups is 1. The Hall–Kier alpha value is -3.56. The van der Waals surface area contributed by atoms with Gasteiger partial charge in [-0.05, 0) is 19.1 Å². The van der Waals surface area contributed by atoms with Crippen molar-refractivity contribution in [1.29, 1.82) is 0 Å². The molecule has 0 aliphatic carbocycles. The van der Waals surface area contributed by atoms with Gasteiger partial charge in [-0.1, -0.05) is 0 Å². The normalized spacial score (nSPS) is 10.7. The molecule has 0 spiro atoms. The van der Waals surface area contributed by atoms with Crippen LogP contribution >= 0.6 is 0 Å². The minimum Gasteiger partial charge on any atom is -0.354 e. The minimum absolute atomic E-state index is 0.173. The summed E-state index contributed by atoms with van der Waals surface area (Å²) in [5, 5.41) is 9.63. The number of hydrogen-bond acceptors (Lipinski definition) is 6. The van der Waals surface area contributed by atoms with Gasteiger partial charge in [-0.3, -0.25) is 29.2 Å². The number of pyridine rings is 1. The fourth-order valence-electron chi connectivity index (χ4n) is 2.30. The first kappa shape index (κ1) is 17.3. The Bertz CT molecular complexity index is 1020. The van der Waals surface area contributed by atoms with Gasteiger partial charge in [-0.15, -0.1) is 0 Å². The number of aromatic amines is 2. The van der Waals surface area contributed by atoms with Gasteiger partial charge in [0.05, 0.1) is 0 Å². The quantitative estimate of drug-likeness (QED) is 0.539. The Morgan fingerprint density at radius 1 is 1.35 bits per heavy atom. The van der Waals surface area contributed by atoms with Crippen LogP contribution in [0.1, 0.15) is 11.4 Å². The van der Waals surface area contributed by atoms with Gasteiger partial charge in [-0.2, -0.15) is 5.10 Å². The highest BCUT2D eigenvalue weighted by Gasteiger charge is 2.08. The van der Waals surface area contributed by atoms with Crippen molar-refractivity contribution in [3.8, 4) is 11.4 Å². The fraction of sp³-hybridized carbons (Fsp3) is 0.250. The zero-order valence-electron chi connectivity index (χ0n) is 14.0. The molecule has 134 valence electrons. The van der Waals surface area contributed by atoms with Gasteiger partial charge in [0.2, 0.25) is 5.91 Å². The Morgan fingerprint density at radius 2 is 2.19 bits per heavy atom. The molecule has 0 aliphatic rings. The summed E-state index contributed by atoms with van der Waals surface area (Å²) in [5.41, 5.74) is 0.0855. The molecule has 10 nitrogen and oxygen atoms in total. The molecule has 3 N–H and O–H groups in total. The van der Waals surface area contributed by atoms with E-state index in [1.54, 1.807) is 25.4 Å². The first-order chi connectivity index (χ1) is 12.5. The molecule has 3 rings (SSSR count). The summed E-state index contributed by atoms with van der Waals surface area (Å²) in [4.78, 5) is 45.5. The van der Waals surface area contributed by atoms with Gasteiger partial charge >= 0.3 is 5.69 Å². The fourth-order valence-corrected chi connectivity index (χ4v) is 2.30. The Labute approximate surface area is 147 Å². The van der Waals surface area contributed by atoms with Crippen LogP contribution in [0.3, 0.4) is 0 Å². The highest BCUT2D eigenvalue weighted by atomic mass is 16.2. The predicted molar refractivity (Wildman–Crippen MR) is 92.4 cm³/mol. The van der Waals surface area contributed by atoms with Gasteiger partial charge in [0.15, 0.2) is 5.82 Å². The summed E-state index contributed by atoms with van der Waals surface area (Å²) < 4.78 is 1.15. The van der Waals surface area contributed by atoms with Gasteiger partial charge in [0, 0.05) is 42.7 Å². The molecule has 3 heterocycles. The number of carbonyl (C=O) groups excluding carboxylic acids is 1. The summed E-state index contributed by atoms with van der Waals surface area (Å²) >= 11 is 0. The second-order valence-corrected chi connectivity index (χ2v) is 5.65. The maximum absolute atomic E-state index is 12.0. The standard InChI is InChI=1S/C16H17N7O3/c1-10-8-23(16(26)20-15(10)25)9-13(24)18-6-4-12-19-14(22-21-12)11-3-2-5-17-7-11/h2-3,5,7-8H,4,6,9H2,1H3,(H,18,24)(H,19,21,22)(H,20,25,26). The van der Waals surface area contributed by atoms with E-state index in [2.05, 4.69) is 30.5 Å². The Balaban J connectivity index is 1.53. The highest BCUT2D eigenvalue weighted by Crippen LogP contribution is 2.11. The van der Waals surface area contributed by atoms with Crippen LogP contribution in [0.2, 0.25) is 0 Å². The number of rotatable bonds is 6. The van der Waals surface area contributed by atoms with E-state index in [0.29, 0.717) is 30.2 Å². The number of hydrogen-bond donors (Lipinski definition) is 3. The molecule has 0 saturated carbocycles. The van der Waals surface area contributed by atoms with Crippen molar-refractivity contribution in [2.75, 3.05) is 6.54 Å². The van der Waals surface area contributed by atoms with E-state index in [9.17, 15) is 14.4 Å². The number of nitrogens with one attached hydrogen (secondary N) is 3. The van der Waals surface area contributed by atoms with Crippen molar-refractivity contribution in [2.45, 2.75) is 19.9 Å². The number of aromatic nitrogens is 6. The first-order valence-corrected chi connectivity index (χ1v) is 7.91. The van der Waals surface area contributed by atoms with E-state index < -0.39 is 11.2 Å². The number of H-pyrrole nitrogens is 2. The van der Waals surface area contributed by atoms with E-state index in [-0.39, 0.29) is 12.5 Å². The number of amides is 1. The Morgan fingerprint density at radius 3 is 2.96 bits per heavy atom. The lowest BCUT2D eigenvalue weighted by Crippen LogP contribution is -2.37. The predicted octanol–water partition coefficient (Wildman–Crippen LogP) is -0.616. The average Bonchev–Trinajstić information content (AvgIpc) is 3.09. The van der Waals surface area contributed by atoms with Crippen LogP contribution < -0.4 is 16.6 Å². The molecule has 0 unspecified atom stereocenters. The minimum atomic E-state index is -0.618. The molecule has 0 saturated heterocycles. The molecule has 0 radical (unpaired) electrons. The van der Waals surface area contributed by atoms with Crippen LogP contribution in [0.25, 0.3) is 11.4 Å². The topological polar surface area (TPSA) is 138 Å². The van der Waals surface area contributed by atoms with Crippen molar-refractivity contribution in [2.24, 2.45) is 0 Å². The number of aryl methyl sites for hydroxylation is 1. The van der Waals surface area contributed by atoms with Crippen LogP contribution in [-0.2, 0) is 17.8 Å². The highest BCUT2D eigenvalue weighted by molar-refractivity contribution is 5.75. The molecule has 3 aromatic heterocycles. The van der Waals surface area contributed by atoms with Crippen LogP contribution in [-0.4, -0.2) is 42.2 Å². The van der Waals surface area contributed by atoms with Crippen molar-refractivity contribution < 1.29 is 4.79 Å². The molecule has 1 amide bonds. The molecule has 0 aromatic carbocycles. The lowest BCUT2D eigenvalue weighted by atomic mass is 10.3. The smallest absolute Gasteiger partial charge is 0.328 e. The molecule has 0 fully saturated rings. The third kappa shape index (κ3) is 4.09. The SMILES string of the molecule is Cc1cn(CC(=O)NCCc2nc(-c3cccnc3)n[nH]2)c(=O)[nH]c1=O. The van der Waals surface area contributed by atoms with Crippen molar-refractivity contribution in [3.05, 3.63) is 62.9 Å². The van der Waals surface area contributed by atoms with Crippen LogP contribution in [0.5, 0.6) is 0 Å². The summed E-state index contributed by atoms with van der Waals surface area (Å²) in [6.07, 6.45) is 5.15. The molecular formula is C16H17N7O3. The van der Waals surface area contributed by atoms with Crippen molar-refractivity contribution in [1.82, 2.24) is 35.0 Å². The second-order valence-electron chi connectivity index (χ2n) is 5.65. The zero-order valence-corrected chi connectivity index (χ0v) is 14.0. The summed E-state index contributed by atoms with van der Waals surface area (Å²) in [6, 6.07) is 3.65. The molecule has 10 heteroatoms. The van der Waals surface area contributed by atoms with Crippen molar-refractivity contribution >= 4 is 5.91 Å². The van der Waals surface area contributed by atoms with Gasteiger partial charge < -0.3 is 5.32 Å². The van der Waals surface area contributed by atoms with Gasteiger partial charge in [0.1, 0.15) is 12.4 Å². The molecule has 0 aliphatic heterocycles. The molecule has 3 aromatic rings. The van der Waals surface area contributed by atoms with Crippen molar-refractivity contribution in [3.63, 3.8) is 0 Å². The van der Waals surface area contributed by atoms with E-state index in [4.69, 9.17) is 0 Å². The van der Waals surface area contributed by atoms with Gasteiger partial charge in [0.25, 0.3) is 5.56 Å². The molecular weight excluding hydrogens is 338 g/mol. The summed E-state index contributed by atoms with van der Waals surface area (Å²) in [7, 11) is 0. The largest absolute Gasteiger partial charge is 0.354 e. The maximum Gasteiger partial charge on any atom is 0.328 e. The van der Waals surface area contributed by atoms with E-state index in [1.807, 2.05) is 6.07 Å². The lowest BCUT2D eigenvalue weighted by molar-refractivity contribution is -0.121. The summed E-state index contributed by atoms with van der Waals surface area (Å²) in [6.45, 7) is 1.72. The van der Waals surface area contributed by atoms with Crippen LogP contribution in [0.15, 0.2) is 40.3 Å². The van der Waals surface area contributed by atoms with E-state index in [1.165, 1.54) is 6.20 Å². The third-order valence-electron chi connectivity index (χ3n) is 3.64. The Kier molecular flexibility index (Phi) is 5.02. The van der Waals surface area contributed by atoms with Crippen LogP contribution in [0, 0.1) is 6.92 Å². The number of nitrogens with zero attached hydrogens (tertiary/aromatic N) is 4. The van der Waals surface area contributed by atoms with E-state index >= 15 is 0 Å². The van der Waals surface area contributed by atoms with Crippen LogP contribution in [0.4, 0.5) is 0 Å². The summed E-state index contributed by atoms with van der Waals surface area (Å²) in [5.74, 6) is 0.821. The average molecular weight is 355 g/mol. The second kappa shape index (κ2) is 7.55. The first-order valence-electron chi connectivity index (χ1n) is 7.91. The van der Waals surface area contributed by atoms with Gasteiger partial charge in [-0.25, -0.2) is 9.78 Å². The van der Waals surface area contributed by atoms with E-state index in [0.717, 1.165) is 10.1 Å². The molecule has 0 bridgehead atoms. The zero-order chi connectivity index (χ0) is 18.5. The lowest BCUT2D eigenvalue weighted by Gasteiger charge is -2.06. The third-order valence-corrected chi connectivity index (χ3v) is 3.64. The monoisotopic (exact) mass is 355 g/mol. The maximum atomic E-state index is 12.0. The molecule has 26 heavy (non-hydrogen) atoms. The molecule has 0 atom stereocenters.